The van der Waals surface area contributed by atoms with Crippen molar-refractivity contribution in [2.75, 3.05) is 13.1 Å². The van der Waals surface area contributed by atoms with Gasteiger partial charge in [0.05, 0.1) is 0 Å². The van der Waals surface area contributed by atoms with Crippen LogP contribution < -0.4 is 5.73 Å². The number of rotatable bonds is 1. The van der Waals surface area contributed by atoms with Gasteiger partial charge in [0.25, 0.3) is 5.91 Å². The molecule has 17 heavy (non-hydrogen) atoms. The Morgan fingerprint density at radius 3 is 2.76 bits per heavy atom. The molecule has 3 nitrogen and oxygen atoms in total. The molecule has 1 amide bonds. The molecule has 0 saturated carbocycles. The van der Waals surface area contributed by atoms with E-state index >= 15 is 0 Å². The molecule has 1 aromatic carbocycles. The van der Waals surface area contributed by atoms with E-state index in [-0.39, 0.29) is 24.4 Å². The van der Waals surface area contributed by atoms with Gasteiger partial charge < -0.3 is 10.6 Å². The number of amides is 1. The van der Waals surface area contributed by atoms with Crippen molar-refractivity contribution in [1.82, 2.24) is 4.90 Å². The summed E-state index contributed by atoms with van der Waals surface area (Å²) in [6, 6.07) is 5.80. The van der Waals surface area contributed by atoms with Gasteiger partial charge >= 0.3 is 0 Å². The Morgan fingerprint density at radius 2 is 2.24 bits per heavy atom. The van der Waals surface area contributed by atoms with E-state index in [1.54, 1.807) is 0 Å². The Bertz CT molecular complexity index is 430. The Kier molecular flexibility index (Phi) is 5.69. The van der Waals surface area contributed by atoms with Gasteiger partial charge in [-0.1, -0.05) is 0 Å². The zero-order valence-electron chi connectivity index (χ0n) is 9.03. The molecule has 0 bridgehead atoms. The van der Waals surface area contributed by atoms with E-state index in [1.165, 1.54) is 0 Å². The van der Waals surface area contributed by atoms with E-state index in [0.717, 1.165) is 26.6 Å². The van der Waals surface area contributed by atoms with Crippen LogP contribution in [0.1, 0.15) is 16.8 Å². The van der Waals surface area contributed by atoms with Crippen LogP contribution in [0.25, 0.3) is 0 Å². The second-order valence-electron chi connectivity index (χ2n) is 3.93. The Balaban J connectivity index is 0.00000144. The van der Waals surface area contributed by atoms with Crippen molar-refractivity contribution >= 4 is 56.8 Å². The quantitative estimate of drug-likeness (QED) is 0.695. The summed E-state index contributed by atoms with van der Waals surface area (Å²) in [4.78, 5) is 13.9. The molecule has 1 fully saturated rings. The second kappa shape index (κ2) is 6.36. The van der Waals surface area contributed by atoms with Crippen molar-refractivity contribution in [3.63, 3.8) is 0 Å². The number of nitrogens with zero attached hydrogens (tertiary/aromatic N) is 1. The average Bonchev–Trinajstić information content (AvgIpc) is 2.68. The monoisotopic (exact) mass is 430 g/mol. The molecule has 1 heterocycles. The van der Waals surface area contributed by atoms with Crippen LogP contribution in [0.4, 0.5) is 0 Å². The summed E-state index contributed by atoms with van der Waals surface area (Å²) in [6.45, 7) is 1.44. The van der Waals surface area contributed by atoms with Gasteiger partial charge in [-0.15, -0.1) is 12.4 Å². The molecule has 1 aliphatic rings. The van der Waals surface area contributed by atoms with Crippen LogP contribution >= 0.6 is 50.9 Å². The maximum Gasteiger partial charge on any atom is 0.253 e. The van der Waals surface area contributed by atoms with Crippen molar-refractivity contribution in [1.29, 1.82) is 0 Å². The molecule has 0 radical (unpaired) electrons. The lowest BCUT2D eigenvalue weighted by molar-refractivity contribution is 0.0791. The van der Waals surface area contributed by atoms with Gasteiger partial charge in [-0.3, -0.25) is 4.79 Å². The van der Waals surface area contributed by atoms with Crippen LogP contribution in [0, 0.1) is 3.57 Å². The van der Waals surface area contributed by atoms with Crippen molar-refractivity contribution in [3.8, 4) is 0 Å². The van der Waals surface area contributed by atoms with Crippen LogP contribution in [-0.4, -0.2) is 29.9 Å². The first-order valence-corrected chi connectivity index (χ1v) is 6.95. The SMILES string of the molecule is Cl.NC1CCN(C(=O)c2ccc(I)c(Br)c2)C1. The first kappa shape index (κ1) is 15.2. The fourth-order valence-electron chi connectivity index (χ4n) is 1.78. The zero-order valence-corrected chi connectivity index (χ0v) is 13.6. The predicted octanol–water partition coefficient (Wildman–Crippen LogP) is 2.65. The van der Waals surface area contributed by atoms with E-state index in [2.05, 4.69) is 38.5 Å². The number of likely N-dealkylation sites (tertiary alicyclic amines) is 1. The third kappa shape index (κ3) is 3.56. The fourth-order valence-corrected chi connectivity index (χ4v) is 2.50. The maximum atomic E-state index is 12.1. The lowest BCUT2D eigenvalue weighted by atomic mass is 10.2. The fraction of sp³-hybridized carbons (Fsp3) is 0.364. The van der Waals surface area contributed by atoms with E-state index < -0.39 is 0 Å². The van der Waals surface area contributed by atoms with E-state index in [1.807, 2.05) is 23.1 Å². The molecule has 0 aromatic heterocycles. The normalized spacial score (nSPS) is 19.0. The summed E-state index contributed by atoms with van der Waals surface area (Å²) in [5, 5.41) is 0. The number of carbonyl (C=O) groups excluding carboxylic acids is 1. The molecular weight excluding hydrogens is 418 g/mol. The largest absolute Gasteiger partial charge is 0.337 e. The van der Waals surface area contributed by atoms with Gasteiger partial charge in [0.15, 0.2) is 0 Å². The van der Waals surface area contributed by atoms with Crippen LogP contribution in [0.2, 0.25) is 0 Å². The Morgan fingerprint density at radius 1 is 1.53 bits per heavy atom. The summed E-state index contributed by atoms with van der Waals surface area (Å²) in [5.74, 6) is 0.0741. The third-order valence-electron chi connectivity index (χ3n) is 2.68. The number of nitrogens with two attached hydrogens (primary N) is 1. The number of halogens is 3. The summed E-state index contributed by atoms with van der Waals surface area (Å²) in [7, 11) is 0. The highest BCUT2D eigenvalue weighted by Gasteiger charge is 2.24. The average molecular weight is 431 g/mol. The smallest absolute Gasteiger partial charge is 0.253 e. The first-order valence-electron chi connectivity index (χ1n) is 5.08. The van der Waals surface area contributed by atoms with Crippen molar-refractivity contribution < 1.29 is 4.79 Å². The molecule has 1 aliphatic heterocycles. The number of hydrogen-bond donors (Lipinski definition) is 1. The van der Waals surface area contributed by atoms with Crippen LogP contribution in [-0.2, 0) is 0 Å². The second-order valence-corrected chi connectivity index (χ2v) is 5.95. The minimum atomic E-state index is 0. The van der Waals surface area contributed by atoms with Crippen molar-refractivity contribution in [3.05, 3.63) is 31.8 Å². The minimum Gasteiger partial charge on any atom is -0.337 e. The minimum absolute atomic E-state index is 0. The molecule has 94 valence electrons. The van der Waals surface area contributed by atoms with Gasteiger partial charge in [0.2, 0.25) is 0 Å². The Labute approximate surface area is 129 Å². The summed E-state index contributed by atoms with van der Waals surface area (Å²) in [5.41, 5.74) is 6.51. The number of carbonyl (C=O) groups is 1. The Hall–Kier alpha value is 0.150. The van der Waals surface area contributed by atoms with E-state index in [4.69, 9.17) is 5.73 Å². The van der Waals surface area contributed by atoms with Gasteiger partial charge in [-0.2, -0.15) is 0 Å². The molecule has 0 aliphatic carbocycles. The predicted molar refractivity (Wildman–Crippen MR) is 82.6 cm³/mol. The molecular formula is C11H13BrClIN2O. The molecule has 1 unspecified atom stereocenters. The summed E-state index contributed by atoms with van der Waals surface area (Å²) < 4.78 is 2.06. The molecule has 0 spiro atoms. The lowest BCUT2D eigenvalue weighted by Gasteiger charge is -2.16. The van der Waals surface area contributed by atoms with Crippen molar-refractivity contribution in [2.45, 2.75) is 12.5 Å². The molecule has 2 rings (SSSR count). The topological polar surface area (TPSA) is 46.3 Å². The lowest BCUT2D eigenvalue weighted by Crippen LogP contribution is -2.31. The highest BCUT2D eigenvalue weighted by atomic mass is 127. The van der Waals surface area contributed by atoms with Crippen LogP contribution in [0.3, 0.4) is 0 Å². The standard InChI is InChI=1S/C11H12BrIN2O.ClH/c12-9-5-7(1-2-10(9)13)11(16)15-4-3-8(14)6-15;/h1-2,5,8H,3-4,6,14H2;1H. The third-order valence-corrected chi connectivity index (χ3v) is 5.02. The molecule has 1 saturated heterocycles. The maximum absolute atomic E-state index is 12.1. The van der Waals surface area contributed by atoms with Gasteiger partial charge in [0.1, 0.15) is 0 Å². The molecule has 1 atom stereocenters. The highest BCUT2D eigenvalue weighted by molar-refractivity contribution is 14.1. The zero-order chi connectivity index (χ0) is 11.7. The van der Waals surface area contributed by atoms with Gasteiger partial charge in [-0.05, 0) is 63.1 Å². The molecule has 1 aromatic rings. The summed E-state index contributed by atoms with van der Waals surface area (Å²) >= 11 is 5.66. The molecule has 6 heteroatoms. The van der Waals surface area contributed by atoms with Crippen molar-refractivity contribution in [2.24, 2.45) is 5.73 Å². The summed E-state index contributed by atoms with van der Waals surface area (Å²) in [6.07, 6.45) is 0.900. The van der Waals surface area contributed by atoms with Gasteiger partial charge in [-0.25, -0.2) is 0 Å². The van der Waals surface area contributed by atoms with E-state index in [9.17, 15) is 4.79 Å². The van der Waals surface area contributed by atoms with E-state index in [0.29, 0.717) is 6.54 Å². The number of hydrogen-bond acceptors (Lipinski definition) is 2. The van der Waals surface area contributed by atoms with Crippen LogP contribution in [0.15, 0.2) is 22.7 Å². The highest BCUT2D eigenvalue weighted by Crippen LogP contribution is 2.22. The molecule has 2 N–H and O–H groups in total. The van der Waals surface area contributed by atoms with Gasteiger partial charge in [0, 0.05) is 32.7 Å². The number of benzene rings is 1. The first-order chi connectivity index (χ1) is 7.58. The van der Waals surface area contributed by atoms with Crippen LogP contribution in [0.5, 0.6) is 0 Å².